The number of hydrogen-bond donors (Lipinski definition) is 1. The van der Waals surface area contributed by atoms with E-state index >= 15 is 0 Å². The van der Waals surface area contributed by atoms with Gasteiger partial charge in [0.25, 0.3) is 5.56 Å². The zero-order valence-corrected chi connectivity index (χ0v) is 9.21. The minimum Gasteiger partial charge on any atom is -0.389 e. The quantitative estimate of drug-likeness (QED) is 0.801. The van der Waals surface area contributed by atoms with E-state index in [0.29, 0.717) is 10.9 Å². The van der Waals surface area contributed by atoms with E-state index in [1.165, 1.54) is 10.9 Å². The van der Waals surface area contributed by atoms with Crippen LogP contribution in [-0.2, 0) is 6.54 Å². The maximum Gasteiger partial charge on any atom is 0.261 e. The number of aromatic nitrogens is 3. The minimum absolute atomic E-state index is 0.158. The Labute approximate surface area is 92.4 Å². The highest BCUT2D eigenvalue weighted by molar-refractivity contribution is 5.75. The predicted molar refractivity (Wildman–Crippen MR) is 60.1 cm³/mol. The molecule has 0 spiro atoms. The Hall–Kier alpha value is -1.75. The molecule has 16 heavy (non-hydrogen) atoms. The van der Waals surface area contributed by atoms with Gasteiger partial charge in [0.1, 0.15) is 0 Å². The molecule has 5 nitrogen and oxygen atoms in total. The smallest absolute Gasteiger partial charge is 0.261 e. The summed E-state index contributed by atoms with van der Waals surface area (Å²) in [4.78, 5) is 20.0. The normalized spacial score (nSPS) is 11.9. The van der Waals surface area contributed by atoms with E-state index in [4.69, 9.17) is 0 Å². The number of aliphatic hydroxyl groups is 1. The number of nitrogens with zero attached hydrogens (tertiary/aromatic N) is 3. The molecule has 0 radical (unpaired) electrons. The van der Waals surface area contributed by atoms with Crippen LogP contribution in [0, 0.1) is 0 Å². The van der Waals surface area contributed by atoms with Crippen LogP contribution >= 0.6 is 0 Å². The first-order valence-electron chi connectivity index (χ1n) is 4.99. The molecule has 0 aliphatic heterocycles. The molecule has 2 heterocycles. The molecule has 2 rings (SSSR count). The monoisotopic (exact) mass is 219 g/mol. The van der Waals surface area contributed by atoms with E-state index in [1.54, 1.807) is 32.3 Å². The van der Waals surface area contributed by atoms with Gasteiger partial charge in [-0.2, -0.15) is 0 Å². The lowest BCUT2D eigenvalue weighted by Crippen LogP contribution is -2.32. The largest absolute Gasteiger partial charge is 0.389 e. The van der Waals surface area contributed by atoms with Crippen LogP contribution in [0.15, 0.2) is 29.6 Å². The molecule has 0 aliphatic carbocycles. The van der Waals surface area contributed by atoms with E-state index in [2.05, 4.69) is 9.97 Å². The third-order valence-corrected chi connectivity index (χ3v) is 2.18. The second kappa shape index (κ2) is 3.68. The number of fused-ring (bicyclic) bond motifs is 1. The van der Waals surface area contributed by atoms with E-state index in [0.717, 1.165) is 0 Å². The van der Waals surface area contributed by atoms with Gasteiger partial charge in [0.2, 0.25) is 0 Å². The molecule has 5 heteroatoms. The highest BCUT2D eigenvalue weighted by Gasteiger charge is 2.15. The van der Waals surface area contributed by atoms with Crippen LogP contribution in [0.4, 0.5) is 0 Å². The molecular formula is C11H13N3O2. The minimum atomic E-state index is -0.938. The van der Waals surface area contributed by atoms with Gasteiger partial charge in [-0.1, -0.05) is 0 Å². The molecule has 2 aromatic heterocycles. The van der Waals surface area contributed by atoms with Crippen molar-refractivity contribution in [3.8, 4) is 0 Å². The number of rotatable bonds is 2. The Morgan fingerprint density at radius 1 is 1.50 bits per heavy atom. The predicted octanol–water partition coefficient (Wildman–Crippen LogP) is 0.562. The third-order valence-electron chi connectivity index (χ3n) is 2.18. The zero-order valence-electron chi connectivity index (χ0n) is 9.21. The van der Waals surface area contributed by atoms with Crippen LogP contribution < -0.4 is 5.56 Å². The van der Waals surface area contributed by atoms with Crippen molar-refractivity contribution in [2.75, 3.05) is 0 Å². The summed E-state index contributed by atoms with van der Waals surface area (Å²) in [6, 6.07) is 1.63. The molecule has 0 atom stereocenters. The van der Waals surface area contributed by atoms with E-state index in [9.17, 15) is 9.90 Å². The molecular weight excluding hydrogens is 206 g/mol. The Kier molecular flexibility index (Phi) is 2.47. The maximum absolute atomic E-state index is 12.0. The average molecular weight is 219 g/mol. The van der Waals surface area contributed by atoms with Gasteiger partial charge in [0.05, 0.1) is 35.6 Å². The van der Waals surface area contributed by atoms with Crippen molar-refractivity contribution < 1.29 is 5.11 Å². The third kappa shape index (κ3) is 2.09. The van der Waals surface area contributed by atoms with Gasteiger partial charge in [-0.15, -0.1) is 0 Å². The topological polar surface area (TPSA) is 68.0 Å². The van der Waals surface area contributed by atoms with Crippen molar-refractivity contribution in [2.45, 2.75) is 26.0 Å². The molecule has 0 saturated carbocycles. The Balaban J connectivity index is 2.57. The Morgan fingerprint density at radius 2 is 2.25 bits per heavy atom. The zero-order chi connectivity index (χ0) is 11.8. The van der Waals surface area contributed by atoms with Gasteiger partial charge in [0, 0.05) is 6.20 Å². The average Bonchev–Trinajstić information content (AvgIpc) is 2.21. The highest BCUT2D eigenvalue weighted by Crippen LogP contribution is 2.06. The number of pyridine rings is 1. The molecule has 0 aromatic carbocycles. The fourth-order valence-electron chi connectivity index (χ4n) is 1.54. The molecule has 0 saturated heterocycles. The van der Waals surface area contributed by atoms with Crippen LogP contribution in [0.1, 0.15) is 13.8 Å². The summed E-state index contributed by atoms with van der Waals surface area (Å²) in [5.74, 6) is 0. The van der Waals surface area contributed by atoms with Crippen molar-refractivity contribution in [1.82, 2.24) is 14.5 Å². The van der Waals surface area contributed by atoms with E-state index < -0.39 is 5.60 Å². The molecule has 0 bridgehead atoms. The molecule has 1 N–H and O–H groups in total. The first-order chi connectivity index (χ1) is 7.47. The summed E-state index contributed by atoms with van der Waals surface area (Å²) < 4.78 is 1.41. The second-order valence-electron chi connectivity index (χ2n) is 4.38. The summed E-state index contributed by atoms with van der Waals surface area (Å²) in [5, 5.41) is 10.2. The van der Waals surface area contributed by atoms with Crippen LogP contribution in [0.3, 0.4) is 0 Å². The van der Waals surface area contributed by atoms with Gasteiger partial charge in [0.15, 0.2) is 0 Å². The van der Waals surface area contributed by atoms with Crippen molar-refractivity contribution in [2.24, 2.45) is 0 Å². The Bertz CT molecular complexity index is 569. The SMILES string of the molecule is CC(C)(O)Cn1cnc2cnccc2c1=O. The molecule has 0 aliphatic rings. The second-order valence-corrected chi connectivity index (χ2v) is 4.38. The Morgan fingerprint density at radius 3 is 2.94 bits per heavy atom. The van der Waals surface area contributed by atoms with Crippen LogP contribution in [-0.4, -0.2) is 25.2 Å². The first kappa shape index (κ1) is 10.8. The van der Waals surface area contributed by atoms with Gasteiger partial charge < -0.3 is 5.11 Å². The summed E-state index contributed by atoms with van der Waals surface area (Å²) in [7, 11) is 0. The van der Waals surface area contributed by atoms with E-state index in [-0.39, 0.29) is 12.1 Å². The lowest BCUT2D eigenvalue weighted by atomic mass is 10.1. The number of hydrogen-bond acceptors (Lipinski definition) is 4. The molecule has 84 valence electrons. The van der Waals surface area contributed by atoms with E-state index in [1.807, 2.05) is 0 Å². The molecule has 0 fully saturated rings. The van der Waals surface area contributed by atoms with Crippen molar-refractivity contribution >= 4 is 10.9 Å². The lowest BCUT2D eigenvalue weighted by Gasteiger charge is -2.18. The molecule has 0 amide bonds. The molecule has 2 aromatic rings. The van der Waals surface area contributed by atoms with Crippen LogP contribution in [0.25, 0.3) is 10.9 Å². The van der Waals surface area contributed by atoms with Gasteiger partial charge in [-0.05, 0) is 19.9 Å². The van der Waals surface area contributed by atoms with Crippen LogP contribution in [0.5, 0.6) is 0 Å². The van der Waals surface area contributed by atoms with Gasteiger partial charge in [-0.25, -0.2) is 4.98 Å². The van der Waals surface area contributed by atoms with Crippen molar-refractivity contribution in [3.63, 3.8) is 0 Å². The van der Waals surface area contributed by atoms with Gasteiger partial charge >= 0.3 is 0 Å². The maximum atomic E-state index is 12.0. The summed E-state index contributed by atoms with van der Waals surface area (Å²) in [6.07, 6.45) is 4.54. The summed E-state index contributed by atoms with van der Waals surface area (Å²) in [6.45, 7) is 3.52. The standard InChI is InChI=1S/C11H13N3O2/c1-11(2,16)6-14-7-13-9-5-12-4-3-8(9)10(14)15/h3-5,7,16H,6H2,1-2H3. The summed E-state index contributed by atoms with van der Waals surface area (Å²) in [5.41, 5.74) is -0.527. The van der Waals surface area contributed by atoms with Crippen LogP contribution in [0.2, 0.25) is 0 Å². The van der Waals surface area contributed by atoms with Gasteiger partial charge in [-0.3, -0.25) is 14.3 Å². The van der Waals surface area contributed by atoms with Crippen molar-refractivity contribution in [3.05, 3.63) is 35.1 Å². The van der Waals surface area contributed by atoms with Crippen molar-refractivity contribution in [1.29, 1.82) is 0 Å². The highest BCUT2D eigenvalue weighted by atomic mass is 16.3. The molecule has 0 unspecified atom stereocenters. The first-order valence-corrected chi connectivity index (χ1v) is 4.99. The fourth-order valence-corrected chi connectivity index (χ4v) is 1.54. The fraction of sp³-hybridized carbons (Fsp3) is 0.364. The summed E-state index contributed by atoms with van der Waals surface area (Å²) >= 11 is 0. The lowest BCUT2D eigenvalue weighted by molar-refractivity contribution is 0.0603.